The van der Waals surface area contributed by atoms with E-state index in [0.29, 0.717) is 17.1 Å². The number of halogens is 3. The van der Waals surface area contributed by atoms with E-state index in [1.807, 2.05) is 13.0 Å². The molecule has 0 spiro atoms. The van der Waals surface area contributed by atoms with Gasteiger partial charge < -0.3 is 10.1 Å². The largest absolute Gasteiger partial charge is 0.457 e. The molecule has 0 unspecified atom stereocenters. The first-order valence-electron chi connectivity index (χ1n) is 9.46. The SMILES string of the molecule is CCC[C@@H](C)NC(=O)c1ccc2c(Oc3ccc(C(F)(F)F)cc3)cccc2c1. The molecule has 0 fully saturated rings. The van der Waals surface area contributed by atoms with Gasteiger partial charge in [0.15, 0.2) is 0 Å². The Morgan fingerprint density at radius 2 is 1.79 bits per heavy atom. The smallest absolute Gasteiger partial charge is 0.416 e. The lowest BCUT2D eigenvalue weighted by Gasteiger charge is -2.14. The molecule has 6 heteroatoms. The Labute approximate surface area is 167 Å². The average molecular weight is 401 g/mol. The van der Waals surface area contributed by atoms with Crippen LogP contribution in [0.15, 0.2) is 60.7 Å². The maximum atomic E-state index is 12.7. The summed E-state index contributed by atoms with van der Waals surface area (Å²) in [6.07, 6.45) is -2.49. The summed E-state index contributed by atoms with van der Waals surface area (Å²) in [6.45, 7) is 4.04. The zero-order valence-electron chi connectivity index (χ0n) is 16.2. The molecule has 0 aliphatic heterocycles. The fourth-order valence-electron chi connectivity index (χ4n) is 3.14. The van der Waals surface area contributed by atoms with Gasteiger partial charge in [-0.3, -0.25) is 4.79 Å². The second-order valence-electron chi connectivity index (χ2n) is 6.98. The van der Waals surface area contributed by atoms with Crippen LogP contribution in [-0.4, -0.2) is 11.9 Å². The summed E-state index contributed by atoms with van der Waals surface area (Å²) in [6, 6.07) is 15.3. The minimum Gasteiger partial charge on any atom is -0.457 e. The molecule has 3 aromatic carbocycles. The van der Waals surface area contributed by atoms with Crippen molar-refractivity contribution in [3.05, 3.63) is 71.8 Å². The van der Waals surface area contributed by atoms with Crippen LogP contribution in [0.5, 0.6) is 11.5 Å². The zero-order chi connectivity index (χ0) is 21.0. The van der Waals surface area contributed by atoms with Gasteiger partial charge in [0.2, 0.25) is 0 Å². The lowest BCUT2D eigenvalue weighted by Crippen LogP contribution is -2.32. The summed E-state index contributed by atoms with van der Waals surface area (Å²) in [7, 11) is 0. The standard InChI is InChI=1S/C23H22F3NO2/c1-3-5-15(2)27-22(28)17-8-13-20-16(14-17)6-4-7-21(20)29-19-11-9-18(10-12-19)23(24,25)26/h4,6-15H,3,5H2,1-2H3,(H,27,28)/t15-/m1/s1. The van der Waals surface area contributed by atoms with Crippen LogP contribution >= 0.6 is 0 Å². The number of nitrogens with one attached hydrogen (secondary N) is 1. The summed E-state index contributed by atoms with van der Waals surface area (Å²) in [5, 5.41) is 4.55. The Morgan fingerprint density at radius 1 is 1.07 bits per heavy atom. The first-order valence-corrected chi connectivity index (χ1v) is 9.46. The summed E-state index contributed by atoms with van der Waals surface area (Å²) in [4.78, 5) is 12.4. The minimum atomic E-state index is -4.39. The van der Waals surface area contributed by atoms with Crippen LogP contribution in [0.1, 0.15) is 42.6 Å². The Morgan fingerprint density at radius 3 is 2.45 bits per heavy atom. The molecular weight excluding hydrogens is 379 g/mol. The monoisotopic (exact) mass is 401 g/mol. The zero-order valence-corrected chi connectivity index (χ0v) is 16.2. The highest BCUT2D eigenvalue weighted by Gasteiger charge is 2.30. The number of hydrogen-bond acceptors (Lipinski definition) is 2. The number of fused-ring (bicyclic) bond motifs is 1. The predicted octanol–water partition coefficient (Wildman–Crippen LogP) is 6.57. The van der Waals surface area contributed by atoms with Gasteiger partial charge in [-0.2, -0.15) is 13.2 Å². The molecule has 0 aliphatic carbocycles. The Balaban J connectivity index is 1.82. The van der Waals surface area contributed by atoms with Gasteiger partial charge in [0.1, 0.15) is 11.5 Å². The summed E-state index contributed by atoms with van der Waals surface area (Å²) in [5.41, 5.74) is -0.178. The molecule has 0 bridgehead atoms. The van der Waals surface area contributed by atoms with Crippen molar-refractivity contribution in [1.29, 1.82) is 0 Å². The first kappa shape index (κ1) is 20.7. The van der Waals surface area contributed by atoms with Crippen molar-refractivity contribution in [3.8, 4) is 11.5 Å². The Bertz CT molecular complexity index is 997. The number of carbonyl (C=O) groups is 1. The number of alkyl halides is 3. The second-order valence-corrected chi connectivity index (χ2v) is 6.98. The molecule has 1 amide bonds. The number of benzene rings is 3. The normalized spacial score (nSPS) is 12.6. The van der Waals surface area contributed by atoms with E-state index in [2.05, 4.69) is 12.2 Å². The van der Waals surface area contributed by atoms with Gasteiger partial charge in [-0.1, -0.05) is 25.5 Å². The molecule has 3 aromatic rings. The third-order valence-electron chi connectivity index (χ3n) is 4.61. The van der Waals surface area contributed by atoms with Crippen LogP contribution in [-0.2, 0) is 6.18 Å². The molecule has 1 N–H and O–H groups in total. The van der Waals surface area contributed by atoms with Crippen molar-refractivity contribution in [1.82, 2.24) is 5.32 Å². The maximum Gasteiger partial charge on any atom is 0.416 e. The van der Waals surface area contributed by atoms with Crippen LogP contribution in [0, 0.1) is 0 Å². The number of amides is 1. The van der Waals surface area contributed by atoms with E-state index < -0.39 is 11.7 Å². The number of carbonyl (C=O) groups excluding carboxylic acids is 1. The third kappa shape index (κ3) is 5.08. The van der Waals surface area contributed by atoms with Crippen LogP contribution in [0.25, 0.3) is 10.8 Å². The molecule has 0 heterocycles. The number of rotatable bonds is 6. The van der Waals surface area contributed by atoms with E-state index in [4.69, 9.17) is 4.74 Å². The number of ether oxygens (including phenoxy) is 1. The highest BCUT2D eigenvalue weighted by Crippen LogP contribution is 2.33. The fraction of sp³-hybridized carbons (Fsp3) is 0.261. The van der Waals surface area contributed by atoms with Gasteiger partial charge in [0, 0.05) is 17.0 Å². The molecule has 0 aliphatic rings. The predicted molar refractivity (Wildman–Crippen MR) is 107 cm³/mol. The van der Waals surface area contributed by atoms with Gasteiger partial charge in [-0.25, -0.2) is 0 Å². The van der Waals surface area contributed by atoms with Crippen molar-refractivity contribution in [3.63, 3.8) is 0 Å². The minimum absolute atomic E-state index is 0.0949. The van der Waals surface area contributed by atoms with Crippen molar-refractivity contribution in [2.75, 3.05) is 0 Å². The van der Waals surface area contributed by atoms with E-state index in [1.165, 1.54) is 12.1 Å². The van der Waals surface area contributed by atoms with Crippen LogP contribution in [0.4, 0.5) is 13.2 Å². The molecule has 0 aromatic heterocycles. The van der Waals surface area contributed by atoms with E-state index >= 15 is 0 Å². The molecule has 0 saturated heterocycles. The summed E-state index contributed by atoms with van der Waals surface area (Å²) >= 11 is 0. The van der Waals surface area contributed by atoms with E-state index in [9.17, 15) is 18.0 Å². The Hall–Kier alpha value is -3.02. The van der Waals surface area contributed by atoms with Crippen molar-refractivity contribution in [2.45, 2.75) is 38.9 Å². The average Bonchev–Trinajstić information content (AvgIpc) is 2.67. The van der Waals surface area contributed by atoms with Gasteiger partial charge in [0.25, 0.3) is 5.91 Å². The van der Waals surface area contributed by atoms with Gasteiger partial charge in [-0.15, -0.1) is 0 Å². The lowest BCUT2D eigenvalue weighted by atomic mass is 10.1. The van der Waals surface area contributed by atoms with Crippen molar-refractivity contribution in [2.24, 2.45) is 0 Å². The molecule has 1 atom stereocenters. The molecule has 0 radical (unpaired) electrons. The van der Waals surface area contributed by atoms with E-state index in [1.54, 1.807) is 30.3 Å². The van der Waals surface area contributed by atoms with Gasteiger partial charge >= 0.3 is 6.18 Å². The third-order valence-corrected chi connectivity index (χ3v) is 4.61. The Kier molecular flexibility index (Phi) is 6.11. The molecule has 3 rings (SSSR count). The van der Waals surface area contributed by atoms with Crippen molar-refractivity contribution >= 4 is 16.7 Å². The summed E-state index contributed by atoms with van der Waals surface area (Å²) in [5.74, 6) is 0.677. The highest BCUT2D eigenvalue weighted by atomic mass is 19.4. The van der Waals surface area contributed by atoms with Crippen molar-refractivity contribution < 1.29 is 22.7 Å². The van der Waals surface area contributed by atoms with Gasteiger partial charge in [-0.05, 0) is 67.3 Å². The highest BCUT2D eigenvalue weighted by molar-refractivity contribution is 6.00. The molecule has 3 nitrogen and oxygen atoms in total. The van der Waals surface area contributed by atoms with Gasteiger partial charge in [0.05, 0.1) is 5.56 Å². The number of hydrogen-bond donors (Lipinski definition) is 1. The quantitative estimate of drug-likeness (QED) is 0.507. The van der Waals surface area contributed by atoms with E-state index in [-0.39, 0.29) is 11.9 Å². The van der Waals surface area contributed by atoms with Crippen LogP contribution < -0.4 is 10.1 Å². The van der Waals surface area contributed by atoms with Crippen LogP contribution in [0.2, 0.25) is 0 Å². The summed E-state index contributed by atoms with van der Waals surface area (Å²) < 4.78 is 43.9. The molecule has 0 saturated carbocycles. The van der Waals surface area contributed by atoms with Crippen LogP contribution in [0.3, 0.4) is 0 Å². The second kappa shape index (κ2) is 8.55. The van der Waals surface area contributed by atoms with E-state index in [0.717, 1.165) is 35.7 Å². The molecule has 152 valence electrons. The first-order chi connectivity index (χ1) is 13.8. The fourth-order valence-corrected chi connectivity index (χ4v) is 3.14. The topological polar surface area (TPSA) is 38.3 Å². The molecule has 29 heavy (non-hydrogen) atoms. The maximum absolute atomic E-state index is 12.7. The lowest BCUT2D eigenvalue weighted by molar-refractivity contribution is -0.137. The molecular formula is C23H22F3NO2.